The Kier molecular flexibility index (Phi) is 2.01. The Labute approximate surface area is 55.0 Å². The maximum Gasteiger partial charge on any atom is 0.234 e. The summed E-state index contributed by atoms with van der Waals surface area (Å²) in [5.41, 5.74) is 0. The molecule has 1 saturated carbocycles. The van der Waals surface area contributed by atoms with Crippen molar-refractivity contribution in [2.75, 3.05) is 6.54 Å². The van der Waals surface area contributed by atoms with E-state index in [2.05, 4.69) is 11.9 Å². The summed E-state index contributed by atoms with van der Waals surface area (Å²) in [6, 6.07) is 0. The Balaban J connectivity index is 2.17. The quantitative estimate of drug-likeness (QED) is 0.413. The smallest absolute Gasteiger partial charge is 0.211 e. The molecular formula is C7H11NO. The minimum Gasteiger partial charge on any atom is -0.211 e. The highest BCUT2D eigenvalue weighted by atomic mass is 16.1. The molecule has 0 heterocycles. The first-order valence-electron chi connectivity index (χ1n) is 3.38. The molecule has 0 N–H and O–H groups in total. The number of rotatable bonds is 3. The van der Waals surface area contributed by atoms with Gasteiger partial charge >= 0.3 is 0 Å². The Bertz CT molecular complexity index is 134. The summed E-state index contributed by atoms with van der Waals surface area (Å²) in [7, 11) is 0. The first-order chi connectivity index (χ1) is 4.34. The molecular weight excluding hydrogens is 114 g/mol. The van der Waals surface area contributed by atoms with Gasteiger partial charge < -0.3 is 0 Å². The van der Waals surface area contributed by atoms with E-state index in [0.717, 1.165) is 5.92 Å². The van der Waals surface area contributed by atoms with E-state index in [0.29, 0.717) is 12.5 Å². The SMILES string of the molecule is CC(CN=C=O)C1CC1. The average Bonchev–Trinajstić information content (AvgIpc) is 2.63. The fourth-order valence-corrected chi connectivity index (χ4v) is 0.996. The molecule has 0 radical (unpaired) electrons. The van der Waals surface area contributed by atoms with Crippen molar-refractivity contribution in [1.82, 2.24) is 0 Å². The van der Waals surface area contributed by atoms with Gasteiger partial charge in [-0.05, 0) is 24.7 Å². The van der Waals surface area contributed by atoms with Gasteiger partial charge in [0.15, 0.2) is 0 Å². The van der Waals surface area contributed by atoms with E-state index >= 15 is 0 Å². The lowest BCUT2D eigenvalue weighted by atomic mass is 10.1. The predicted molar refractivity (Wildman–Crippen MR) is 34.9 cm³/mol. The zero-order chi connectivity index (χ0) is 6.69. The van der Waals surface area contributed by atoms with Crippen LogP contribution in [-0.4, -0.2) is 12.6 Å². The average molecular weight is 125 g/mol. The lowest BCUT2D eigenvalue weighted by molar-refractivity contribution is 0.514. The van der Waals surface area contributed by atoms with Gasteiger partial charge in [-0.15, -0.1) is 0 Å². The molecule has 0 aromatic rings. The minimum atomic E-state index is 0.603. The van der Waals surface area contributed by atoms with Gasteiger partial charge in [-0.1, -0.05) is 6.92 Å². The van der Waals surface area contributed by atoms with Crippen molar-refractivity contribution in [3.05, 3.63) is 0 Å². The van der Waals surface area contributed by atoms with E-state index in [1.807, 2.05) is 0 Å². The van der Waals surface area contributed by atoms with Gasteiger partial charge in [-0.2, -0.15) is 0 Å². The molecule has 0 saturated heterocycles. The van der Waals surface area contributed by atoms with E-state index in [-0.39, 0.29) is 0 Å². The fourth-order valence-electron chi connectivity index (χ4n) is 0.996. The van der Waals surface area contributed by atoms with Crippen LogP contribution >= 0.6 is 0 Å². The normalized spacial score (nSPS) is 20.6. The second-order valence-electron chi connectivity index (χ2n) is 2.75. The second-order valence-corrected chi connectivity index (χ2v) is 2.75. The number of aliphatic imine (C=N–C) groups is 1. The lowest BCUT2D eigenvalue weighted by Crippen LogP contribution is -2.00. The van der Waals surface area contributed by atoms with Gasteiger partial charge in [0.1, 0.15) is 0 Å². The minimum absolute atomic E-state index is 0.603. The Morgan fingerprint density at radius 3 is 2.89 bits per heavy atom. The summed E-state index contributed by atoms with van der Waals surface area (Å²) in [5.74, 6) is 1.45. The first kappa shape index (κ1) is 6.50. The second kappa shape index (κ2) is 2.79. The topological polar surface area (TPSA) is 29.4 Å². The predicted octanol–water partition coefficient (Wildman–Crippen LogP) is 1.37. The Morgan fingerprint density at radius 2 is 2.44 bits per heavy atom. The van der Waals surface area contributed by atoms with E-state index in [1.165, 1.54) is 12.8 Å². The standard InChI is InChI=1S/C7H11NO/c1-6(4-8-5-9)7-2-3-7/h6-7H,2-4H2,1H3. The van der Waals surface area contributed by atoms with Crippen molar-refractivity contribution in [3.63, 3.8) is 0 Å². The van der Waals surface area contributed by atoms with Crippen LogP contribution in [-0.2, 0) is 4.79 Å². The van der Waals surface area contributed by atoms with Crippen LogP contribution in [0.4, 0.5) is 0 Å². The third-order valence-electron chi connectivity index (χ3n) is 1.87. The molecule has 2 heteroatoms. The van der Waals surface area contributed by atoms with E-state index in [9.17, 15) is 4.79 Å². The van der Waals surface area contributed by atoms with E-state index in [4.69, 9.17) is 0 Å². The monoisotopic (exact) mass is 125 g/mol. The summed E-state index contributed by atoms with van der Waals surface area (Å²) >= 11 is 0. The molecule has 0 amide bonds. The van der Waals surface area contributed by atoms with Gasteiger partial charge in [0.25, 0.3) is 0 Å². The van der Waals surface area contributed by atoms with Crippen LogP contribution in [0.1, 0.15) is 19.8 Å². The zero-order valence-electron chi connectivity index (χ0n) is 5.63. The summed E-state index contributed by atoms with van der Waals surface area (Å²) in [4.78, 5) is 13.2. The highest BCUT2D eigenvalue weighted by Gasteiger charge is 2.27. The molecule has 0 bridgehead atoms. The lowest BCUT2D eigenvalue weighted by Gasteiger charge is -2.01. The molecule has 0 spiro atoms. The molecule has 0 aliphatic heterocycles. The van der Waals surface area contributed by atoms with Crippen LogP contribution in [0.3, 0.4) is 0 Å². The Morgan fingerprint density at radius 1 is 1.78 bits per heavy atom. The third kappa shape index (κ3) is 1.98. The number of hydrogen-bond acceptors (Lipinski definition) is 2. The van der Waals surface area contributed by atoms with Gasteiger partial charge in [0.05, 0.1) is 6.54 Å². The number of isocyanates is 1. The van der Waals surface area contributed by atoms with Crippen molar-refractivity contribution in [2.45, 2.75) is 19.8 Å². The molecule has 2 nitrogen and oxygen atoms in total. The summed E-state index contributed by atoms with van der Waals surface area (Å²) in [6.07, 6.45) is 4.21. The van der Waals surface area contributed by atoms with Crippen LogP contribution in [0.25, 0.3) is 0 Å². The van der Waals surface area contributed by atoms with Crippen LogP contribution in [0.2, 0.25) is 0 Å². The molecule has 1 rings (SSSR count). The molecule has 1 atom stereocenters. The molecule has 1 aliphatic carbocycles. The zero-order valence-corrected chi connectivity index (χ0v) is 5.63. The number of nitrogens with zero attached hydrogens (tertiary/aromatic N) is 1. The molecule has 0 aromatic carbocycles. The molecule has 1 aliphatic rings. The fraction of sp³-hybridized carbons (Fsp3) is 0.857. The van der Waals surface area contributed by atoms with Crippen LogP contribution < -0.4 is 0 Å². The van der Waals surface area contributed by atoms with Crippen molar-refractivity contribution in [1.29, 1.82) is 0 Å². The highest BCUT2D eigenvalue weighted by molar-refractivity contribution is 5.32. The molecule has 9 heavy (non-hydrogen) atoms. The molecule has 50 valence electrons. The molecule has 1 fully saturated rings. The van der Waals surface area contributed by atoms with Crippen molar-refractivity contribution >= 4 is 6.08 Å². The summed E-state index contributed by atoms with van der Waals surface area (Å²) in [5, 5.41) is 0. The first-order valence-corrected chi connectivity index (χ1v) is 3.38. The summed E-state index contributed by atoms with van der Waals surface area (Å²) < 4.78 is 0. The molecule has 1 unspecified atom stereocenters. The van der Waals surface area contributed by atoms with E-state index < -0.39 is 0 Å². The van der Waals surface area contributed by atoms with Crippen molar-refractivity contribution < 1.29 is 4.79 Å². The number of hydrogen-bond donors (Lipinski definition) is 0. The van der Waals surface area contributed by atoms with Crippen LogP contribution in [0, 0.1) is 11.8 Å². The largest absolute Gasteiger partial charge is 0.234 e. The van der Waals surface area contributed by atoms with Crippen LogP contribution in [0.15, 0.2) is 4.99 Å². The maximum atomic E-state index is 9.66. The van der Waals surface area contributed by atoms with Crippen molar-refractivity contribution in [3.8, 4) is 0 Å². The van der Waals surface area contributed by atoms with Gasteiger partial charge in [0, 0.05) is 0 Å². The maximum absolute atomic E-state index is 9.66. The van der Waals surface area contributed by atoms with E-state index in [1.54, 1.807) is 6.08 Å². The summed E-state index contributed by atoms with van der Waals surface area (Å²) in [6.45, 7) is 2.81. The van der Waals surface area contributed by atoms with Gasteiger partial charge in [-0.25, -0.2) is 9.79 Å². The third-order valence-corrected chi connectivity index (χ3v) is 1.87. The van der Waals surface area contributed by atoms with Crippen LogP contribution in [0.5, 0.6) is 0 Å². The van der Waals surface area contributed by atoms with Gasteiger partial charge in [-0.3, -0.25) is 0 Å². The van der Waals surface area contributed by atoms with Gasteiger partial charge in [0.2, 0.25) is 6.08 Å². The molecule has 0 aromatic heterocycles. The number of carbonyl (C=O) groups excluding carboxylic acids is 1. The Hall–Kier alpha value is -0.620. The highest BCUT2D eigenvalue weighted by Crippen LogP contribution is 2.36. The van der Waals surface area contributed by atoms with Crippen molar-refractivity contribution in [2.24, 2.45) is 16.8 Å².